The number of hydrogen-bond donors (Lipinski definition) is 1. The predicted molar refractivity (Wildman–Crippen MR) is 117 cm³/mol. The maximum Gasteiger partial charge on any atom is 0.227 e. The Morgan fingerprint density at radius 3 is 2.30 bits per heavy atom. The average Bonchev–Trinajstić information content (AvgIpc) is 3.16. The molecule has 154 valence electrons. The molecule has 0 amide bonds. The number of ether oxygens (including phenoxy) is 1. The number of benzene rings is 2. The van der Waals surface area contributed by atoms with E-state index in [4.69, 9.17) is 13.9 Å². The third-order valence-corrected chi connectivity index (χ3v) is 6.19. The number of fused-ring (bicyclic) bond motifs is 1. The normalized spacial score (nSPS) is 14.3. The van der Waals surface area contributed by atoms with Gasteiger partial charge < -0.3 is 13.7 Å². The van der Waals surface area contributed by atoms with Gasteiger partial charge in [-0.25, -0.2) is 8.99 Å². The molecule has 0 aliphatic carbocycles. The van der Waals surface area contributed by atoms with E-state index in [0.29, 0.717) is 10.7 Å². The first-order valence-corrected chi connectivity index (χ1v) is 11.4. The third kappa shape index (κ3) is 4.16. The smallest absolute Gasteiger partial charge is 0.227 e. The molecule has 0 saturated heterocycles. The van der Waals surface area contributed by atoms with Crippen LogP contribution in [0.3, 0.4) is 0 Å². The van der Waals surface area contributed by atoms with Crippen LogP contribution in [0.15, 0.2) is 87.4 Å². The molecule has 4 rings (SSSR count). The summed E-state index contributed by atoms with van der Waals surface area (Å²) in [4.78, 5) is 13.0. The van der Waals surface area contributed by atoms with E-state index in [1.807, 2.05) is 48.1 Å². The quantitative estimate of drug-likeness (QED) is 0.483. The zero-order chi connectivity index (χ0) is 21.3. The minimum atomic E-state index is -2.75. The standard InChI is InChI=1S/C23H22N2O4S/c1-16(25-12-18-5-3-4-6-19(18)13-25)22-11-21(26)23(15-29-22)28-14-17-7-9-20(10-8-17)30(2,24)27/h3-13,15-16,24H,14H2,1-2H3. The molecule has 6 nitrogen and oxygen atoms in total. The third-order valence-electron chi connectivity index (χ3n) is 5.02. The Labute approximate surface area is 174 Å². The van der Waals surface area contributed by atoms with Gasteiger partial charge in [0.15, 0.2) is 0 Å². The van der Waals surface area contributed by atoms with E-state index in [1.54, 1.807) is 24.3 Å². The largest absolute Gasteiger partial charge is 0.482 e. The van der Waals surface area contributed by atoms with Crippen molar-refractivity contribution in [3.8, 4) is 5.75 Å². The predicted octanol–water partition coefficient (Wildman–Crippen LogP) is 4.82. The van der Waals surface area contributed by atoms with Crippen LogP contribution in [0.25, 0.3) is 10.8 Å². The molecule has 0 spiro atoms. The molecular formula is C23H22N2O4S. The lowest BCUT2D eigenvalue weighted by molar-refractivity contribution is 0.287. The fraction of sp³-hybridized carbons (Fsp3) is 0.174. The maximum atomic E-state index is 12.5. The summed E-state index contributed by atoms with van der Waals surface area (Å²) in [7, 11) is -2.75. The van der Waals surface area contributed by atoms with Gasteiger partial charge in [-0.3, -0.25) is 4.79 Å². The summed E-state index contributed by atoms with van der Waals surface area (Å²) >= 11 is 0. The van der Waals surface area contributed by atoms with Gasteiger partial charge in [-0.2, -0.15) is 0 Å². The van der Waals surface area contributed by atoms with Crippen LogP contribution in [0.2, 0.25) is 0 Å². The van der Waals surface area contributed by atoms with Crippen molar-refractivity contribution in [3.63, 3.8) is 0 Å². The molecular weight excluding hydrogens is 400 g/mol. The Morgan fingerprint density at radius 1 is 1.10 bits per heavy atom. The van der Waals surface area contributed by atoms with Gasteiger partial charge in [0.2, 0.25) is 11.2 Å². The fourth-order valence-corrected chi connectivity index (χ4v) is 3.88. The van der Waals surface area contributed by atoms with Crippen molar-refractivity contribution in [3.05, 3.63) is 94.8 Å². The number of hydrogen-bond acceptors (Lipinski definition) is 5. The second-order valence-electron chi connectivity index (χ2n) is 7.30. The molecule has 0 radical (unpaired) electrons. The Kier molecular flexibility index (Phi) is 5.22. The second-order valence-corrected chi connectivity index (χ2v) is 9.46. The fourth-order valence-electron chi connectivity index (χ4n) is 3.22. The van der Waals surface area contributed by atoms with E-state index in [1.165, 1.54) is 18.6 Å². The molecule has 0 bridgehead atoms. The minimum Gasteiger partial charge on any atom is -0.482 e. The van der Waals surface area contributed by atoms with Gasteiger partial charge in [0, 0.05) is 29.6 Å². The van der Waals surface area contributed by atoms with Crippen LogP contribution in [-0.2, 0) is 16.3 Å². The monoisotopic (exact) mass is 422 g/mol. The number of aromatic nitrogens is 1. The van der Waals surface area contributed by atoms with Crippen molar-refractivity contribution in [2.45, 2.75) is 24.5 Å². The lowest BCUT2D eigenvalue weighted by atomic mass is 10.2. The SMILES string of the molecule is CC(c1cc(=O)c(OCc2ccc(S(C)(=N)=O)cc2)co1)n1cc2ccccc2c1. The Bertz CT molecular complexity index is 1320. The van der Waals surface area contributed by atoms with E-state index in [9.17, 15) is 9.00 Å². The Morgan fingerprint density at radius 2 is 1.73 bits per heavy atom. The van der Waals surface area contributed by atoms with Crippen LogP contribution in [-0.4, -0.2) is 15.0 Å². The molecule has 2 atom stereocenters. The molecule has 2 unspecified atom stereocenters. The summed E-state index contributed by atoms with van der Waals surface area (Å²) in [5, 5.41) is 2.25. The Balaban J connectivity index is 1.48. The highest BCUT2D eigenvalue weighted by Crippen LogP contribution is 2.23. The summed E-state index contributed by atoms with van der Waals surface area (Å²) in [5.74, 6) is 0.678. The molecule has 0 aliphatic heterocycles. The van der Waals surface area contributed by atoms with E-state index < -0.39 is 9.73 Å². The topological polar surface area (TPSA) is 85.3 Å². The number of nitrogens with one attached hydrogen (secondary N) is 1. The van der Waals surface area contributed by atoms with E-state index in [0.717, 1.165) is 16.3 Å². The van der Waals surface area contributed by atoms with Gasteiger partial charge >= 0.3 is 0 Å². The van der Waals surface area contributed by atoms with Crippen molar-refractivity contribution >= 4 is 20.5 Å². The first-order valence-electron chi connectivity index (χ1n) is 9.46. The summed E-state index contributed by atoms with van der Waals surface area (Å²) < 4.78 is 32.7. The van der Waals surface area contributed by atoms with Crippen LogP contribution < -0.4 is 10.2 Å². The summed E-state index contributed by atoms with van der Waals surface area (Å²) in [5.41, 5.74) is 0.553. The van der Waals surface area contributed by atoms with E-state index >= 15 is 0 Å². The summed E-state index contributed by atoms with van der Waals surface area (Å²) in [6.45, 7) is 2.14. The van der Waals surface area contributed by atoms with Gasteiger partial charge in [0.1, 0.15) is 18.6 Å². The highest BCUT2D eigenvalue weighted by Gasteiger charge is 2.14. The first-order chi connectivity index (χ1) is 14.3. The minimum absolute atomic E-state index is 0.132. The Hall–Kier alpha value is -3.32. The van der Waals surface area contributed by atoms with Crippen LogP contribution >= 0.6 is 0 Å². The van der Waals surface area contributed by atoms with Crippen molar-refractivity contribution in [2.24, 2.45) is 0 Å². The van der Waals surface area contributed by atoms with Gasteiger partial charge in [-0.15, -0.1) is 0 Å². The molecule has 0 fully saturated rings. The molecule has 7 heteroatoms. The summed E-state index contributed by atoms with van der Waals surface area (Å²) in [6, 6.07) is 16.1. The number of rotatable bonds is 6. The lowest BCUT2D eigenvalue weighted by Gasteiger charge is -2.13. The van der Waals surface area contributed by atoms with Gasteiger partial charge in [0.05, 0.1) is 15.8 Å². The zero-order valence-corrected chi connectivity index (χ0v) is 17.5. The van der Waals surface area contributed by atoms with E-state index in [-0.39, 0.29) is 23.8 Å². The molecule has 0 aliphatic rings. The highest BCUT2D eigenvalue weighted by atomic mass is 32.2. The molecule has 0 saturated carbocycles. The molecule has 2 aromatic heterocycles. The zero-order valence-electron chi connectivity index (χ0n) is 16.7. The van der Waals surface area contributed by atoms with Crippen molar-refractivity contribution in [2.75, 3.05) is 6.26 Å². The van der Waals surface area contributed by atoms with Crippen LogP contribution in [0, 0.1) is 4.78 Å². The van der Waals surface area contributed by atoms with Crippen LogP contribution in [0.5, 0.6) is 5.75 Å². The average molecular weight is 423 g/mol. The molecule has 2 aromatic carbocycles. The van der Waals surface area contributed by atoms with Crippen molar-refractivity contribution in [1.82, 2.24) is 4.57 Å². The van der Waals surface area contributed by atoms with Crippen molar-refractivity contribution < 1.29 is 13.4 Å². The van der Waals surface area contributed by atoms with E-state index in [2.05, 4.69) is 0 Å². The second kappa shape index (κ2) is 7.84. The molecule has 1 N–H and O–H groups in total. The molecule has 30 heavy (non-hydrogen) atoms. The maximum absolute atomic E-state index is 12.5. The van der Waals surface area contributed by atoms with Crippen LogP contribution in [0.4, 0.5) is 0 Å². The summed E-state index contributed by atoms with van der Waals surface area (Å²) in [6.07, 6.45) is 6.77. The van der Waals surface area contributed by atoms with Gasteiger partial charge in [-0.1, -0.05) is 36.4 Å². The van der Waals surface area contributed by atoms with Crippen LogP contribution in [0.1, 0.15) is 24.3 Å². The van der Waals surface area contributed by atoms with Crippen molar-refractivity contribution in [1.29, 1.82) is 4.78 Å². The highest BCUT2D eigenvalue weighted by molar-refractivity contribution is 7.91. The van der Waals surface area contributed by atoms with Gasteiger partial charge in [-0.05, 0) is 35.4 Å². The first kappa shape index (κ1) is 20.0. The molecule has 2 heterocycles. The lowest BCUT2D eigenvalue weighted by Crippen LogP contribution is -2.11. The molecule has 4 aromatic rings. The van der Waals surface area contributed by atoms with Gasteiger partial charge in [0.25, 0.3) is 0 Å². The number of nitrogens with zero attached hydrogens (tertiary/aromatic N) is 1.